The molecule has 1 aliphatic heterocycles. The molecule has 3 rings (SSSR count). The van der Waals surface area contributed by atoms with Crippen molar-refractivity contribution >= 4 is 11.6 Å². The van der Waals surface area contributed by atoms with Crippen molar-refractivity contribution < 1.29 is 9.47 Å². The number of hydrogen-bond donors (Lipinski definition) is 1. The summed E-state index contributed by atoms with van der Waals surface area (Å²) in [4.78, 5) is 0. The summed E-state index contributed by atoms with van der Waals surface area (Å²) >= 11 is 6.14. The largest absolute Gasteiger partial charge is 0.454 e. The second-order valence-corrected chi connectivity index (χ2v) is 5.18. The van der Waals surface area contributed by atoms with E-state index in [1.54, 1.807) is 0 Å². The van der Waals surface area contributed by atoms with Crippen molar-refractivity contribution in [3.05, 3.63) is 40.7 Å². The van der Waals surface area contributed by atoms with Crippen LogP contribution in [0.4, 0.5) is 0 Å². The number of rotatable bonds is 5. The van der Waals surface area contributed by atoms with Gasteiger partial charge in [-0.2, -0.15) is 5.10 Å². The van der Waals surface area contributed by atoms with Gasteiger partial charge in [0.25, 0.3) is 0 Å². The molecule has 5 nitrogen and oxygen atoms in total. The van der Waals surface area contributed by atoms with Gasteiger partial charge in [-0.1, -0.05) is 11.6 Å². The van der Waals surface area contributed by atoms with Gasteiger partial charge in [0.05, 0.1) is 17.8 Å². The molecule has 1 N–H and O–H groups in total. The Morgan fingerprint density at radius 2 is 2.30 bits per heavy atom. The maximum atomic E-state index is 6.14. The summed E-state index contributed by atoms with van der Waals surface area (Å²) in [6.07, 6.45) is 3.89. The van der Waals surface area contributed by atoms with Gasteiger partial charge < -0.3 is 14.8 Å². The van der Waals surface area contributed by atoms with Crippen LogP contribution in [-0.4, -0.2) is 23.1 Å². The molecule has 20 heavy (non-hydrogen) atoms. The van der Waals surface area contributed by atoms with Crippen LogP contribution in [0, 0.1) is 6.92 Å². The summed E-state index contributed by atoms with van der Waals surface area (Å²) in [5, 5.41) is 8.20. The first-order valence-corrected chi connectivity index (χ1v) is 6.88. The zero-order valence-corrected chi connectivity index (χ0v) is 12.0. The van der Waals surface area contributed by atoms with Crippen molar-refractivity contribution in [1.29, 1.82) is 0 Å². The van der Waals surface area contributed by atoms with Crippen molar-refractivity contribution in [2.24, 2.45) is 0 Å². The van der Waals surface area contributed by atoms with Crippen molar-refractivity contribution in [2.45, 2.75) is 20.0 Å². The van der Waals surface area contributed by atoms with E-state index < -0.39 is 0 Å². The number of ether oxygens (including phenoxy) is 2. The number of nitrogens with one attached hydrogen (secondary N) is 1. The standard InChI is InChI=1S/C14H16ClN3O2/c1-10-6-17-18(8-10)3-2-16-7-11-4-12(15)14-13(5-11)19-9-20-14/h4-6,8,16H,2-3,7,9H2,1H3. The first-order chi connectivity index (χ1) is 9.72. The summed E-state index contributed by atoms with van der Waals surface area (Å²) in [5.74, 6) is 1.36. The number of fused-ring (bicyclic) bond motifs is 1. The molecular formula is C14H16ClN3O2. The summed E-state index contributed by atoms with van der Waals surface area (Å²) < 4.78 is 12.6. The smallest absolute Gasteiger partial charge is 0.231 e. The third kappa shape index (κ3) is 2.89. The molecule has 1 aromatic carbocycles. The van der Waals surface area contributed by atoms with E-state index in [4.69, 9.17) is 21.1 Å². The van der Waals surface area contributed by atoms with E-state index in [0.717, 1.165) is 30.9 Å². The quantitative estimate of drug-likeness (QED) is 0.860. The van der Waals surface area contributed by atoms with Gasteiger partial charge >= 0.3 is 0 Å². The van der Waals surface area contributed by atoms with Crippen LogP contribution in [0.25, 0.3) is 0 Å². The molecule has 0 atom stereocenters. The molecule has 0 spiro atoms. The van der Waals surface area contributed by atoms with Crippen LogP contribution in [0.15, 0.2) is 24.5 Å². The summed E-state index contributed by atoms with van der Waals surface area (Å²) in [6.45, 7) is 4.69. The molecule has 0 aliphatic carbocycles. The lowest BCUT2D eigenvalue weighted by Gasteiger charge is -2.07. The van der Waals surface area contributed by atoms with Crippen molar-refractivity contribution in [3.8, 4) is 11.5 Å². The maximum Gasteiger partial charge on any atom is 0.231 e. The second-order valence-electron chi connectivity index (χ2n) is 4.77. The highest BCUT2D eigenvalue weighted by atomic mass is 35.5. The molecule has 0 saturated carbocycles. The van der Waals surface area contributed by atoms with Crippen molar-refractivity contribution in [3.63, 3.8) is 0 Å². The van der Waals surface area contributed by atoms with Gasteiger partial charge in [-0.3, -0.25) is 4.68 Å². The van der Waals surface area contributed by atoms with E-state index in [2.05, 4.69) is 10.4 Å². The highest BCUT2D eigenvalue weighted by Gasteiger charge is 2.17. The molecule has 6 heteroatoms. The molecule has 0 saturated heterocycles. The maximum absolute atomic E-state index is 6.14. The Morgan fingerprint density at radius 1 is 1.40 bits per heavy atom. The van der Waals surface area contributed by atoms with E-state index in [0.29, 0.717) is 10.8 Å². The van der Waals surface area contributed by atoms with Crippen molar-refractivity contribution in [1.82, 2.24) is 15.1 Å². The third-order valence-electron chi connectivity index (χ3n) is 3.10. The molecule has 0 unspecified atom stereocenters. The molecule has 0 fully saturated rings. The van der Waals surface area contributed by atoms with Crippen LogP contribution < -0.4 is 14.8 Å². The van der Waals surface area contributed by atoms with E-state index in [1.165, 1.54) is 5.56 Å². The first kappa shape index (κ1) is 13.3. The fourth-order valence-electron chi connectivity index (χ4n) is 2.14. The number of halogens is 1. The average Bonchev–Trinajstić information content (AvgIpc) is 3.04. The van der Waals surface area contributed by atoms with Crippen LogP contribution in [-0.2, 0) is 13.1 Å². The van der Waals surface area contributed by atoms with Gasteiger partial charge in [0.2, 0.25) is 6.79 Å². The average molecular weight is 294 g/mol. The summed E-state index contributed by atoms with van der Waals surface area (Å²) in [5.41, 5.74) is 2.25. The Labute approximate surface area is 122 Å². The number of aromatic nitrogens is 2. The molecule has 1 aromatic heterocycles. The van der Waals surface area contributed by atoms with E-state index >= 15 is 0 Å². The zero-order chi connectivity index (χ0) is 13.9. The lowest BCUT2D eigenvalue weighted by Crippen LogP contribution is -2.19. The predicted octanol–water partition coefficient (Wildman–Crippen LogP) is 2.36. The summed E-state index contributed by atoms with van der Waals surface area (Å²) in [7, 11) is 0. The topological polar surface area (TPSA) is 48.3 Å². The van der Waals surface area contributed by atoms with Gasteiger partial charge in [0, 0.05) is 19.3 Å². The minimum atomic E-state index is 0.241. The van der Waals surface area contributed by atoms with Crippen molar-refractivity contribution in [2.75, 3.05) is 13.3 Å². The predicted molar refractivity (Wildman–Crippen MR) is 76.2 cm³/mol. The molecule has 0 radical (unpaired) electrons. The number of hydrogen-bond acceptors (Lipinski definition) is 4. The molecule has 2 aromatic rings. The van der Waals surface area contributed by atoms with E-state index in [-0.39, 0.29) is 6.79 Å². The van der Waals surface area contributed by atoms with Crippen LogP contribution in [0.3, 0.4) is 0 Å². The van der Waals surface area contributed by atoms with E-state index in [1.807, 2.05) is 36.1 Å². The van der Waals surface area contributed by atoms with Gasteiger partial charge in [-0.15, -0.1) is 0 Å². The van der Waals surface area contributed by atoms with E-state index in [9.17, 15) is 0 Å². The summed E-state index contributed by atoms with van der Waals surface area (Å²) in [6, 6.07) is 3.86. The lowest BCUT2D eigenvalue weighted by atomic mass is 10.2. The molecule has 0 amide bonds. The van der Waals surface area contributed by atoms with Crippen LogP contribution in [0.5, 0.6) is 11.5 Å². The number of aryl methyl sites for hydroxylation is 1. The normalized spacial score (nSPS) is 12.9. The van der Waals surface area contributed by atoms with Crippen LogP contribution in [0.2, 0.25) is 5.02 Å². The highest BCUT2D eigenvalue weighted by molar-refractivity contribution is 6.32. The molecular weight excluding hydrogens is 278 g/mol. The first-order valence-electron chi connectivity index (χ1n) is 6.50. The van der Waals surface area contributed by atoms with Gasteiger partial charge in [0.1, 0.15) is 0 Å². The lowest BCUT2D eigenvalue weighted by molar-refractivity contribution is 0.174. The molecule has 0 bridgehead atoms. The Kier molecular flexibility index (Phi) is 3.80. The Bertz CT molecular complexity index is 612. The van der Waals surface area contributed by atoms with Gasteiger partial charge in [-0.25, -0.2) is 0 Å². The van der Waals surface area contributed by atoms with Gasteiger partial charge in [0.15, 0.2) is 11.5 Å². The minimum Gasteiger partial charge on any atom is -0.454 e. The Balaban J connectivity index is 1.52. The van der Waals surface area contributed by atoms with Gasteiger partial charge in [-0.05, 0) is 30.2 Å². The molecule has 2 heterocycles. The SMILES string of the molecule is Cc1cnn(CCNCc2cc(Cl)c3c(c2)OCO3)c1. The number of benzene rings is 1. The number of nitrogens with zero attached hydrogens (tertiary/aromatic N) is 2. The fourth-order valence-corrected chi connectivity index (χ4v) is 2.43. The second kappa shape index (κ2) is 5.73. The Hall–Kier alpha value is -1.72. The van der Waals surface area contributed by atoms with Crippen LogP contribution >= 0.6 is 11.6 Å². The zero-order valence-electron chi connectivity index (χ0n) is 11.2. The third-order valence-corrected chi connectivity index (χ3v) is 3.38. The minimum absolute atomic E-state index is 0.241. The fraction of sp³-hybridized carbons (Fsp3) is 0.357. The Morgan fingerprint density at radius 3 is 3.10 bits per heavy atom. The molecule has 1 aliphatic rings. The molecule has 106 valence electrons. The monoisotopic (exact) mass is 293 g/mol. The highest BCUT2D eigenvalue weighted by Crippen LogP contribution is 2.39. The van der Waals surface area contributed by atoms with Crippen LogP contribution in [0.1, 0.15) is 11.1 Å².